The molecule has 0 fully saturated rings. The number of thioether (sulfide) groups is 1. The molecule has 6 N–H and O–H groups in total. The van der Waals surface area contributed by atoms with Crippen LogP contribution in [0.4, 0.5) is 0 Å². The van der Waals surface area contributed by atoms with E-state index in [-0.39, 0.29) is 11.8 Å². The Hall–Kier alpha value is -1.81. The Balaban J connectivity index is 5.26. The second kappa shape index (κ2) is 13.4. The third-order valence-electron chi connectivity index (χ3n) is 4.78. The lowest BCUT2D eigenvalue weighted by Gasteiger charge is -2.27. The molecule has 5 unspecified atom stereocenters. The van der Waals surface area contributed by atoms with Crippen molar-refractivity contribution in [3.05, 3.63) is 0 Å². The van der Waals surface area contributed by atoms with Crippen molar-refractivity contribution in [2.75, 3.05) is 12.0 Å². The molecule has 0 radical (unpaired) electrons. The fraction of sp³-hybridized carbons (Fsp3) is 0.789. The fourth-order valence-corrected chi connectivity index (χ4v) is 2.91. The van der Waals surface area contributed by atoms with Gasteiger partial charge in [0.15, 0.2) is 0 Å². The smallest absolute Gasteiger partial charge is 0.325 e. The molecule has 0 aliphatic heterocycles. The van der Waals surface area contributed by atoms with Crippen LogP contribution in [0.1, 0.15) is 47.5 Å². The van der Waals surface area contributed by atoms with Gasteiger partial charge in [-0.15, -0.1) is 0 Å². The van der Waals surface area contributed by atoms with Crippen LogP contribution in [0, 0.1) is 11.8 Å². The van der Waals surface area contributed by atoms with E-state index in [0.717, 1.165) is 6.42 Å². The number of carboxylic acid groups (broad SMARTS) is 1. The summed E-state index contributed by atoms with van der Waals surface area (Å²) >= 11 is 1.53. The van der Waals surface area contributed by atoms with Crippen LogP contribution in [0.3, 0.4) is 0 Å². The summed E-state index contributed by atoms with van der Waals surface area (Å²) in [7, 11) is 0. The summed E-state index contributed by atoms with van der Waals surface area (Å²) < 4.78 is 0. The van der Waals surface area contributed by atoms with Crippen molar-refractivity contribution < 1.29 is 24.3 Å². The van der Waals surface area contributed by atoms with Crippen LogP contribution in [-0.2, 0) is 19.2 Å². The number of carbonyl (C=O) groups is 4. The molecule has 0 aliphatic carbocycles. The van der Waals surface area contributed by atoms with Crippen LogP contribution in [0.25, 0.3) is 0 Å². The summed E-state index contributed by atoms with van der Waals surface area (Å²) in [4.78, 5) is 48.6. The van der Waals surface area contributed by atoms with Gasteiger partial charge in [-0.3, -0.25) is 19.2 Å². The number of carboxylic acids is 1. The minimum atomic E-state index is -1.17. The zero-order valence-corrected chi connectivity index (χ0v) is 19.0. The van der Waals surface area contributed by atoms with Crippen LogP contribution in [0.15, 0.2) is 0 Å². The number of carbonyl (C=O) groups excluding carboxylic acids is 3. The van der Waals surface area contributed by atoms with Gasteiger partial charge in [-0.25, -0.2) is 0 Å². The summed E-state index contributed by atoms with van der Waals surface area (Å²) in [5.41, 5.74) is 5.96. The second-order valence-corrected chi connectivity index (χ2v) is 8.54. The number of hydrogen-bond acceptors (Lipinski definition) is 6. The molecule has 0 saturated carbocycles. The summed E-state index contributed by atoms with van der Waals surface area (Å²) in [6.07, 6.45) is 3.00. The SMILES string of the molecule is CCC(C)C(N)C(=O)NC(CCSC)C(=O)NC(C(=O)NC(C)C(=O)O)C(C)C. The Labute approximate surface area is 177 Å². The number of hydrogen-bond donors (Lipinski definition) is 5. The summed E-state index contributed by atoms with van der Waals surface area (Å²) in [5, 5.41) is 16.7. The van der Waals surface area contributed by atoms with Crippen LogP contribution in [-0.4, -0.2) is 65.0 Å². The van der Waals surface area contributed by atoms with Crippen LogP contribution in [0.2, 0.25) is 0 Å². The van der Waals surface area contributed by atoms with E-state index in [0.29, 0.717) is 12.2 Å². The molecule has 0 spiro atoms. The van der Waals surface area contributed by atoms with E-state index in [1.54, 1.807) is 13.8 Å². The minimum Gasteiger partial charge on any atom is -0.480 e. The fourth-order valence-electron chi connectivity index (χ4n) is 2.44. The molecule has 3 amide bonds. The van der Waals surface area contributed by atoms with Crippen molar-refractivity contribution in [1.29, 1.82) is 0 Å². The maximum atomic E-state index is 12.8. The quantitative estimate of drug-likeness (QED) is 0.281. The monoisotopic (exact) mass is 432 g/mol. The lowest BCUT2D eigenvalue weighted by molar-refractivity contribution is -0.142. The Kier molecular flexibility index (Phi) is 12.6. The van der Waals surface area contributed by atoms with E-state index >= 15 is 0 Å². The minimum absolute atomic E-state index is 0.0362. The van der Waals surface area contributed by atoms with Gasteiger partial charge in [0.1, 0.15) is 18.1 Å². The highest BCUT2D eigenvalue weighted by atomic mass is 32.2. The molecule has 168 valence electrons. The average Bonchev–Trinajstić information content (AvgIpc) is 2.66. The number of nitrogens with one attached hydrogen (secondary N) is 3. The molecule has 0 heterocycles. The third kappa shape index (κ3) is 9.49. The Morgan fingerprint density at radius 2 is 1.55 bits per heavy atom. The lowest BCUT2D eigenvalue weighted by Crippen LogP contribution is -2.58. The van der Waals surface area contributed by atoms with Gasteiger partial charge < -0.3 is 26.8 Å². The first kappa shape index (κ1) is 27.2. The van der Waals surface area contributed by atoms with E-state index in [1.807, 2.05) is 20.1 Å². The van der Waals surface area contributed by atoms with E-state index in [4.69, 9.17) is 10.8 Å². The van der Waals surface area contributed by atoms with Gasteiger partial charge in [0.05, 0.1) is 6.04 Å². The summed E-state index contributed by atoms with van der Waals surface area (Å²) in [6, 6.07) is -3.58. The molecular weight excluding hydrogens is 396 g/mol. The predicted octanol–water partition coefficient (Wildman–Crippen LogP) is 0.328. The maximum Gasteiger partial charge on any atom is 0.325 e. The van der Waals surface area contributed by atoms with Crippen molar-refractivity contribution in [3.8, 4) is 0 Å². The van der Waals surface area contributed by atoms with E-state index < -0.39 is 47.9 Å². The van der Waals surface area contributed by atoms with Gasteiger partial charge in [0, 0.05) is 0 Å². The Bertz CT molecular complexity index is 573. The summed E-state index contributed by atoms with van der Waals surface area (Å²) in [6.45, 7) is 8.62. The molecule has 0 bridgehead atoms. The molecule has 9 nitrogen and oxygen atoms in total. The van der Waals surface area contributed by atoms with Crippen molar-refractivity contribution in [2.45, 2.75) is 71.6 Å². The molecule has 0 saturated heterocycles. The van der Waals surface area contributed by atoms with Gasteiger partial charge in [-0.05, 0) is 37.2 Å². The highest BCUT2D eigenvalue weighted by Crippen LogP contribution is 2.09. The topological polar surface area (TPSA) is 151 Å². The molecule has 0 rings (SSSR count). The lowest BCUT2D eigenvalue weighted by atomic mass is 9.98. The standard InChI is InChI=1S/C19H36N4O5S/c1-7-11(4)14(20)17(25)22-13(8-9-29-6)16(24)23-15(10(2)3)18(26)21-12(5)19(27)28/h10-15H,7-9,20H2,1-6H3,(H,21,26)(H,22,25)(H,23,24)(H,27,28). The molecule has 29 heavy (non-hydrogen) atoms. The molecule has 0 aromatic heterocycles. The van der Waals surface area contributed by atoms with Crippen molar-refractivity contribution >= 4 is 35.5 Å². The maximum absolute atomic E-state index is 12.8. The predicted molar refractivity (Wildman–Crippen MR) is 114 cm³/mol. The zero-order chi connectivity index (χ0) is 22.7. The molecule has 0 aromatic rings. The second-order valence-electron chi connectivity index (χ2n) is 7.55. The normalized spacial score (nSPS) is 16.3. The van der Waals surface area contributed by atoms with E-state index in [9.17, 15) is 19.2 Å². The Morgan fingerprint density at radius 1 is 0.966 bits per heavy atom. The van der Waals surface area contributed by atoms with E-state index in [1.165, 1.54) is 18.7 Å². The molecule has 0 aliphatic rings. The summed E-state index contributed by atoms with van der Waals surface area (Å²) in [5.74, 6) is -2.35. The Morgan fingerprint density at radius 3 is 2.00 bits per heavy atom. The van der Waals surface area contributed by atoms with Crippen LogP contribution < -0.4 is 21.7 Å². The number of aliphatic carboxylic acids is 1. The third-order valence-corrected chi connectivity index (χ3v) is 5.42. The van der Waals surface area contributed by atoms with Crippen LogP contribution >= 0.6 is 11.8 Å². The van der Waals surface area contributed by atoms with Gasteiger partial charge in [0.25, 0.3) is 0 Å². The number of nitrogens with two attached hydrogens (primary N) is 1. The first-order valence-electron chi connectivity index (χ1n) is 9.84. The van der Waals surface area contributed by atoms with Crippen molar-refractivity contribution in [2.24, 2.45) is 17.6 Å². The van der Waals surface area contributed by atoms with Crippen molar-refractivity contribution in [1.82, 2.24) is 16.0 Å². The molecular formula is C19H36N4O5S. The van der Waals surface area contributed by atoms with E-state index in [2.05, 4.69) is 16.0 Å². The largest absolute Gasteiger partial charge is 0.480 e. The molecule has 0 aromatic carbocycles. The van der Waals surface area contributed by atoms with Gasteiger partial charge in [-0.2, -0.15) is 11.8 Å². The zero-order valence-electron chi connectivity index (χ0n) is 18.2. The van der Waals surface area contributed by atoms with Gasteiger partial charge in [0.2, 0.25) is 17.7 Å². The number of amides is 3. The van der Waals surface area contributed by atoms with Crippen LogP contribution in [0.5, 0.6) is 0 Å². The number of rotatable bonds is 13. The first-order chi connectivity index (χ1) is 13.5. The van der Waals surface area contributed by atoms with Gasteiger partial charge >= 0.3 is 5.97 Å². The average molecular weight is 433 g/mol. The molecule has 10 heteroatoms. The highest BCUT2D eigenvalue weighted by molar-refractivity contribution is 7.98. The highest BCUT2D eigenvalue weighted by Gasteiger charge is 2.31. The van der Waals surface area contributed by atoms with Crippen molar-refractivity contribution in [3.63, 3.8) is 0 Å². The molecule has 5 atom stereocenters. The first-order valence-corrected chi connectivity index (χ1v) is 11.2. The van der Waals surface area contributed by atoms with Gasteiger partial charge in [-0.1, -0.05) is 34.1 Å².